The summed E-state index contributed by atoms with van der Waals surface area (Å²) in [6, 6.07) is 0. The average Bonchev–Trinajstić information content (AvgIpc) is 3.29. The van der Waals surface area contributed by atoms with Gasteiger partial charge in [0.2, 0.25) is 0 Å². The minimum Gasteiger partial charge on any atom is -0.445 e. The van der Waals surface area contributed by atoms with E-state index < -0.39 is 35.7 Å². The van der Waals surface area contributed by atoms with Crippen LogP contribution in [-0.2, 0) is 14.2 Å². The van der Waals surface area contributed by atoms with Crippen LogP contribution in [0.1, 0.15) is 39.8 Å². The Balaban J connectivity index is 1.84. The van der Waals surface area contributed by atoms with Crippen LogP contribution >= 0.6 is 0 Å². The Bertz CT molecular complexity index is 1040. The monoisotopic (exact) mass is 434 g/mol. The summed E-state index contributed by atoms with van der Waals surface area (Å²) in [6.07, 6.45) is 4.68. The van der Waals surface area contributed by atoms with Gasteiger partial charge in [-0.15, -0.1) is 6.42 Å². The zero-order valence-corrected chi connectivity index (χ0v) is 17.6. The standard InChI is InChI=1S/C19H23FN6O5/c1-6-19(9-29-16(27)21-5)8-7-11(30-19)26-10-22-12-13(23-15(20)25-14(12)26)24-17(28)31-18(2,3)4/h1,10-11H,7-9H2,2-5H3,(H,21,27)(H,23,24,25,28). The molecule has 2 aromatic rings. The molecule has 2 atom stereocenters. The second-order valence-corrected chi connectivity index (χ2v) is 7.87. The van der Waals surface area contributed by atoms with Crippen molar-refractivity contribution in [3.05, 3.63) is 12.4 Å². The molecular weight excluding hydrogens is 411 g/mol. The molecule has 0 bridgehead atoms. The summed E-state index contributed by atoms with van der Waals surface area (Å²) in [5.41, 5.74) is -1.64. The second kappa shape index (κ2) is 8.35. The summed E-state index contributed by atoms with van der Waals surface area (Å²) >= 11 is 0. The number of ether oxygens (including phenoxy) is 3. The maximum atomic E-state index is 14.1. The van der Waals surface area contributed by atoms with Crippen molar-refractivity contribution in [3.8, 4) is 12.3 Å². The fraction of sp³-hybridized carbons (Fsp3) is 0.526. The van der Waals surface area contributed by atoms with E-state index in [0.717, 1.165) is 0 Å². The molecule has 1 aliphatic heterocycles. The molecule has 11 nitrogen and oxygen atoms in total. The molecule has 2 amide bonds. The highest BCUT2D eigenvalue weighted by molar-refractivity contribution is 5.93. The fourth-order valence-corrected chi connectivity index (χ4v) is 3.03. The Labute approximate surface area is 177 Å². The summed E-state index contributed by atoms with van der Waals surface area (Å²) in [6.45, 7) is 4.93. The van der Waals surface area contributed by atoms with Gasteiger partial charge in [-0.25, -0.2) is 14.6 Å². The fourth-order valence-electron chi connectivity index (χ4n) is 3.03. The van der Waals surface area contributed by atoms with Crippen molar-refractivity contribution in [3.63, 3.8) is 0 Å². The molecule has 1 saturated heterocycles. The number of nitrogens with zero attached hydrogens (tertiary/aromatic N) is 4. The topological polar surface area (TPSA) is 129 Å². The van der Waals surface area contributed by atoms with Gasteiger partial charge in [0.1, 0.15) is 18.4 Å². The normalized spacial score (nSPS) is 20.8. The third kappa shape index (κ3) is 5.00. The zero-order chi connectivity index (χ0) is 22.8. The molecule has 3 rings (SSSR count). The molecule has 166 valence electrons. The lowest BCUT2D eigenvalue weighted by atomic mass is 10.0. The van der Waals surface area contributed by atoms with E-state index in [0.29, 0.717) is 12.8 Å². The highest BCUT2D eigenvalue weighted by Crippen LogP contribution is 2.38. The maximum absolute atomic E-state index is 14.1. The highest BCUT2D eigenvalue weighted by Gasteiger charge is 2.41. The van der Waals surface area contributed by atoms with Gasteiger partial charge in [0.15, 0.2) is 22.6 Å². The zero-order valence-electron chi connectivity index (χ0n) is 17.6. The third-order valence-electron chi connectivity index (χ3n) is 4.38. The minimum absolute atomic E-state index is 0.101. The number of imidazole rings is 1. The molecule has 31 heavy (non-hydrogen) atoms. The first-order valence-corrected chi connectivity index (χ1v) is 9.46. The van der Waals surface area contributed by atoms with Gasteiger partial charge in [0.25, 0.3) is 0 Å². The number of carbonyl (C=O) groups excluding carboxylic acids is 2. The number of hydrogen-bond donors (Lipinski definition) is 2. The number of nitrogens with one attached hydrogen (secondary N) is 2. The maximum Gasteiger partial charge on any atom is 0.413 e. The van der Waals surface area contributed by atoms with Crippen molar-refractivity contribution in [1.29, 1.82) is 0 Å². The van der Waals surface area contributed by atoms with E-state index >= 15 is 0 Å². The van der Waals surface area contributed by atoms with Crippen LogP contribution < -0.4 is 10.6 Å². The lowest BCUT2D eigenvalue weighted by Crippen LogP contribution is -2.35. The molecule has 2 aromatic heterocycles. The van der Waals surface area contributed by atoms with E-state index in [1.165, 1.54) is 17.9 Å². The van der Waals surface area contributed by atoms with Crippen LogP contribution in [0.4, 0.5) is 19.8 Å². The number of anilines is 1. The van der Waals surface area contributed by atoms with Crippen molar-refractivity contribution in [2.45, 2.75) is 51.0 Å². The van der Waals surface area contributed by atoms with Gasteiger partial charge in [0, 0.05) is 7.05 Å². The number of halogens is 1. The number of fused-ring (bicyclic) bond motifs is 1. The highest BCUT2D eigenvalue weighted by atomic mass is 19.1. The number of carbonyl (C=O) groups is 2. The molecule has 0 saturated carbocycles. The Kier molecular flexibility index (Phi) is 5.99. The van der Waals surface area contributed by atoms with E-state index in [-0.39, 0.29) is 23.6 Å². The minimum atomic E-state index is -1.14. The number of hydrogen-bond acceptors (Lipinski definition) is 8. The number of rotatable bonds is 4. The summed E-state index contributed by atoms with van der Waals surface area (Å²) in [7, 11) is 1.43. The molecule has 1 fully saturated rings. The van der Waals surface area contributed by atoms with E-state index in [4.69, 9.17) is 20.6 Å². The van der Waals surface area contributed by atoms with Gasteiger partial charge < -0.3 is 19.5 Å². The van der Waals surface area contributed by atoms with Crippen LogP contribution in [0.2, 0.25) is 0 Å². The predicted octanol–water partition coefficient (Wildman–Crippen LogP) is 2.35. The summed E-state index contributed by atoms with van der Waals surface area (Å²) < 4.78 is 31.8. The van der Waals surface area contributed by atoms with Crippen LogP contribution in [0.3, 0.4) is 0 Å². The van der Waals surface area contributed by atoms with Crippen LogP contribution in [0.5, 0.6) is 0 Å². The van der Waals surface area contributed by atoms with E-state index in [9.17, 15) is 14.0 Å². The lowest BCUT2D eigenvalue weighted by molar-refractivity contribution is -0.0642. The number of aromatic nitrogens is 4. The number of terminal acetylenes is 1. The Morgan fingerprint density at radius 2 is 2.16 bits per heavy atom. The second-order valence-electron chi connectivity index (χ2n) is 7.87. The van der Waals surface area contributed by atoms with Crippen molar-refractivity contribution in [2.24, 2.45) is 0 Å². The Hall–Kier alpha value is -3.46. The van der Waals surface area contributed by atoms with Gasteiger partial charge in [0.05, 0.1) is 6.33 Å². The molecular formula is C19H23FN6O5. The van der Waals surface area contributed by atoms with Crippen LogP contribution in [0.15, 0.2) is 6.33 Å². The third-order valence-corrected chi connectivity index (χ3v) is 4.38. The Morgan fingerprint density at radius 3 is 2.81 bits per heavy atom. The number of alkyl carbamates (subject to hydrolysis) is 1. The first-order chi connectivity index (χ1) is 14.6. The Morgan fingerprint density at radius 1 is 1.42 bits per heavy atom. The smallest absolute Gasteiger partial charge is 0.413 e. The predicted molar refractivity (Wildman–Crippen MR) is 106 cm³/mol. The van der Waals surface area contributed by atoms with Gasteiger partial charge in [-0.3, -0.25) is 9.88 Å². The summed E-state index contributed by atoms with van der Waals surface area (Å²) in [4.78, 5) is 35.1. The molecule has 0 aliphatic carbocycles. The quantitative estimate of drug-likeness (QED) is 0.554. The van der Waals surface area contributed by atoms with Crippen molar-refractivity contribution >= 4 is 29.2 Å². The van der Waals surface area contributed by atoms with E-state index in [2.05, 4.69) is 31.5 Å². The number of amides is 2. The largest absolute Gasteiger partial charge is 0.445 e. The molecule has 2 N–H and O–H groups in total. The van der Waals surface area contributed by atoms with Gasteiger partial charge in [-0.1, -0.05) is 5.92 Å². The van der Waals surface area contributed by atoms with E-state index in [1.807, 2.05) is 0 Å². The molecule has 0 aromatic carbocycles. The molecule has 3 heterocycles. The summed E-state index contributed by atoms with van der Waals surface area (Å²) in [5, 5.41) is 4.72. The van der Waals surface area contributed by atoms with Crippen LogP contribution in [0, 0.1) is 18.4 Å². The van der Waals surface area contributed by atoms with Gasteiger partial charge in [-0.05, 0) is 33.6 Å². The molecule has 12 heteroatoms. The van der Waals surface area contributed by atoms with Gasteiger partial charge >= 0.3 is 18.3 Å². The van der Waals surface area contributed by atoms with Gasteiger partial charge in [-0.2, -0.15) is 14.4 Å². The van der Waals surface area contributed by atoms with Crippen molar-refractivity contribution < 1.29 is 28.2 Å². The van der Waals surface area contributed by atoms with Crippen LogP contribution in [-0.4, -0.2) is 56.6 Å². The summed E-state index contributed by atoms with van der Waals surface area (Å²) in [5.74, 6) is 2.39. The first-order valence-electron chi connectivity index (χ1n) is 9.46. The first kappa shape index (κ1) is 22.2. The molecule has 0 spiro atoms. The van der Waals surface area contributed by atoms with Crippen molar-refractivity contribution in [2.75, 3.05) is 19.0 Å². The SMILES string of the molecule is C#CC1(COC(=O)NC)CCC(n2cnc3c(NC(=O)OC(C)(C)C)nc(F)nc32)O1. The molecule has 1 aliphatic rings. The van der Waals surface area contributed by atoms with Crippen LogP contribution in [0.25, 0.3) is 11.2 Å². The van der Waals surface area contributed by atoms with Crippen molar-refractivity contribution in [1.82, 2.24) is 24.8 Å². The molecule has 2 unspecified atom stereocenters. The average molecular weight is 434 g/mol. The lowest BCUT2D eigenvalue weighted by Gasteiger charge is -2.23. The van der Waals surface area contributed by atoms with E-state index in [1.54, 1.807) is 20.8 Å². The molecule has 0 radical (unpaired) electrons.